The Morgan fingerprint density at radius 2 is 0.947 bits per heavy atom. The summed E-state index contributed by atoms with van der Waals surface area (Å²) in [6.07, 6.45) is -18.4. The van der Waals surface area contributed by atoms with Crippen molar-refractivity contribution in [3.05, 3.63) is 0 Å². The van der Waals surface area contributed by atoms with Crippen molar-refractivity contribution in [2.24, 2.45) is 0 Å². The summed E-state index contributed by atoms with van der Waals surface area (Å²) in [4.78, 5) is 0. The molecule has 0 heterocycles. The molecule has 0 saturated carbocycles. The van der Waals surface area contributed by atoms with Gasteiger partial charge < -0.3 is 10.2 Å². The Morgan fingerprint density at radius 3 is 1.16 bits per heavy atom. The Bertz CT molecular complexity index is 376. The van der Waals surface area contributed by atoms with Gasteiger partial charge in [-0.2, -0.15) is 39.5 Å². The molecule has 0 spiro atoms. The molecule has 0 amide bonds. The zero-order chi connectivity index (χ0) is 15.9. The normalized spacial score (nSPS) is 17.5. The van der Waals surface area contributed by atoms with Crippen LogP contribution in [0.5, 0.6) is 0 Å². The van der Waals surface area contributed by atoms with E-state index in [9.17, 15) is 39.5 Å². The highest BCUT2D eigenvalue weighted by atomic mass is 19.4. The third kappa shape index (κ3) is 3.44. The number of alkyl halides is 9. The molecule has 0 aromatic rings. The molecule has 0 fully saturated rings. The van der Waals surface area contributed by atoms with Gasteiger partial charge in [0, 0.05) is 0 Å². The largest absolute Gasteiger partial charge is 0.438 e. The molecule has 11 heteroatoms. The zero-order valence-corrected chi connectivity index (χ0v) is 8.80. The first-order valence-electron chi connectivity index (χ1n) is 4.15. The fourth-order valence-electron chi connectivity index (χ4n) is 0.585. The van der Waals surface area contributed by atoms with E-state index in [1.165, 1.54) is 0 Å². The van der Waals surface area contributed by atoms with Crippen LogP contribution in [-0.4, -0.2) is 39.9 Å². The number of rotatable bonds is 0. The van der Waals surface area contributed by atoms with Crippen molar-refractivity contribution in [1.82, 2.24) is 0 Å². The molecule has 0 radical (unpaired) electrons. The molecule has 1 atom stereocenters. The second-order valence-corrected chi connectivity index (χ2v) is 3.53. The lowest BCUT2D eigenvalue weighted by Crippen LogP contribution is -2.56. The van der Waals surface area contributed by atoms with E-state index >= 15 is 0 Å². The monoisotopic (exact) mass is 304 g/mol. The fraction of sp³-hybridized carbons (Fsp3) is 0.750. The first-order valence-corrected chi connectivity index (χ1v) is 4.15. The van der Waals surface area contributed by atoms with Crippen molar-refractivity contribution in [1.29, 1.82) is 0 Å². The van der Waals surface area contributed by atoms with Gasteiger partial charge in [-0.05, 0) is 12.8 Å². The maximum atomic E-state index is 12.0. The molecule has 0 bridgehead atoms. The van der Waals surface area contributed by atoms with E-state index in [0.717, 1.165) is 0 Å². The maximum Gasteiger partial charge on any atom is 0.438 e. The minimum atomic E-state index is -6.39. The van der Waals surface area contributed by atoms with Crippen LogP contribution in [-0.2, 0) is 0 Å². The molecule has 0 aliphatic carbocycles. The van der Waals surface area contributed by atoms with Crippen molar-refractivity contribution >= 4 is 0 Å². The first kappa shape index (κ1) is 17.9. The van der Waals surface area contributed by atoms with Crippen molar-refractivity contribution in [3.8, 4) is 11.8 Å². The summed E-state index contributed by atoms with van der Waals surface area (Å²) in [7, 11) is 0. The highest BCUT2D eigenvalue weighted by Gasteiger charge is 2.70. The maximum absolute atomic E-state index is 12.0. The van der Waals surface area contributed by atoms with Crippen LogP contribution in [0.3, 0.4) is 0 Å². The molecule has 2 nitrogen and oxygen atoms in total. The van der Waals surface area contributed by atoms with Gasteiger partial charge in [-0.25, -0.2) is 0 Å². The van der Waals surface area contributed by atoms with Gasteiger partial charge in [0.2, 0.25) is 5.60 Å². The quantitative estimate of drug-likeness (QED) is 0.532. The lowest BCUT2D eigenvalue weighted by atomic mass is 10.00. The Balaban J connectivity index is 5.81. The minimum Gasteiger partial charge on any atom is -0.370 e. The number of halogens is 9. The van der Waals surface area contributed by atoms with Crippen LogP contribution >= 0.6 is 0 Å². The van der Waals surface area contributed by atoms with Crippen LogP contribution in [0.2, 0.25) is 0 Å². The van der Waals surface area contributed by atoms with E-state index in [4.69, 9.17) is 10.2 Å². The number of aliphatic hydroxyl groups is 2. The van der Waals surface area contributed by atoms with E-state index in [0.29, 0.717) is 5.92 Å². The molecule has 19 heavy (non-hydrogen) atoms. The van der Waals surface area contributed by atoms with Gasteiger partial charge in [-0.15, -0.1) is 0 Å². The van der Waals surface area contributed by atoms with E-state index < -0.39 is 29.7 Å². The molecule has 0 rings (SSSR count). The average Bonchev–Trinajstić information content (AvgIpc) is 2.08. The van der Waals surface area contributed by atoms with Gasteiger partial charge >= 0.3 is 24.1 Å². The Morgan fingerprint density at radius 1 is 0.632 bits per heavy atom. The highest BCUT2D eigenvalue weighted by molar-refractivity contribution is 5.26. The van der Waals surface area contributed by atoms with Crippen LogP contribution in [0.25, 0.3) is 0 Å². The first-order chi connectivity index (χ1) is 7.96. The summed E-state index contributed by atoms with van der Waals surface area (Å²) in [6.45, 7) is -0.160. The van der Waals surface area contributed by atoms with Crippen molar-refractivity contribution in [3.63, 3.8) is 0 Å². The number of hydrogen-bond acceptors (Lipinski definition) is 2. The number of hydrogen-bond donors (Lipinski definition) is 2. The molecule has 0 aromatic carbocycles. The van der Waals surface area contributed by atoms with E-state index in [2.05, 4.69) is 0 Å². The van der Waals surface area contributed by atoms with Crippen LogP contribution < -0.4 is 0 Å². The second-order valence-electron chi connectivity index (χ2n) is 3.53. The van der Waals surface area contributed by atoms with Gasteiger partial charge in [-0.1, -0.05) is 5.92 Å². The van der Waals surface area contributed by atoms with Crippen LogP contribution in [0.1, 0.15) is 6.92 Å². The van der Waals surface area contributed by atoms with E-state index in [1.807, 2.05) is 0 Å². The molecule has 0 aliphatic rings. The predicted octanol–water partition coefficient (Wildman–Crippen LogP) is 2.16. The van der Waals surface area contributed by atoms with Gasteiger partial charge in [0.05, 0.1) is 0 Å². The summed E-state index contributed by atoms with van der Waals surface area (Å²) in [5.41, 5.74) is -9.81. The van der Waals surface area contributed by atoms with Crippen molar-refractivity contribution in [2.75, 3.05) is 0 Å². The van der Waals surface area contributed by atoms with Crippen LogP contribution in [0.4, 0.5) is 39.5 Å². The highest BCUT2D eigenvalue weighted by Crippen LogP contribution is 2.43. The smallest absolute Gasteiger partial charge is 0.370 e. The predicted molar refractivity (Wildman–Crippen MR) is 41.5 cm³/mol. The lowest BCUT2D eigenvalue weighted by Gasteiger charge is -2.28. The Labute approximate surface area is 99.4 Å². The second kappa shape index (κ2) is 4.45. The standard InChI is InChI=1S/C8H5F9O2/c1-4(18,6(9,10)11)2-3-5(19,7(12,13)14)8(15,16)17/h18-19H,1H3. The third-order valence-corrected chi connectivity index (χ3v) is 1.86. The molecule has 0 saturated heterocycles. The fourth-order valence-corrected chi connectivity index (χ4v) is 0.585. The molecule has 112 valence electrons. The summed E-state index contributed by atoms with van der Waals surface area (Å²) in [5, 5.41) is 17.0. The zero-order valence-electron chi connectivity index (χ0n) is 8.80. The van der Waals surface area contributed by atoms with Gasteiger partial charge in [-0.3, -0.25) is 0 Å². The molecule has 0 aromatic heterocycles. The average molecular weight is 304 g/mol. The molecule has 1 unspecified atom stereocenters. The molecular formula is C8H5F9O2. The Hall–Kier alpha value is -1.15. The van der Waals surface area contributed by atoms with Crippen LogP contribution in [0, 0.1) is 11.8 Å². The van der Waals surface area contributed by atoms with Gasteiger partial charge in [0.15, 0.2) is 0 Å². The molecular weight excluding hydrogens is 299 g/mol. The van der Waals surface area contributed by atoms with Crippen molar-refractivity contribution in [2.45, 2.75) is 36.7 Å². The topological polar surface area (TPSA) is 40.5 Å². The summed E-state index contributed by atoms with van der Waals surface area (Å²) in [5.74, 6) is 0.352. The minimum absolute atomic E-state index is 0.00840. The van der Waals surface area contributed by atoms with E-state index in [-0.39, 0.29) is 12.8 Å². The SMILES string of the molecule is CC(O)(C#CC(O)(C(F)(F)F)C(F)(F)F)C(F)(F)F. The summed E-state index contributed by atoms with van der Waals surface area (Å²) < 4.78 is 108. The summed E-state index contributed by atoms with van der Waals surface area (Å²) in [6, 6.07) is 0. The van der Waals surface area contributed by atoms with Crippen molar-refractivity contribution < 1.29 is 49.7 Å². The van der Waals surface area contributed by atoms with Gasteiger partial charge in [0.1, 0.15) is 0 Å². The molecule has 2 N–H and O–H groups in total. The van der Waals surface area contributed by atoms with Gasteiger partial charge in [0.25, 0.3) is 0 Å². The van der Waals surface area contributed by atoms with Crippen LogP contribution in [0.15, 0.2) is 0 Å². The third-order valence-electron chi connectivity index (χ3n) is 1.86. The lowest BCUT2D eigenvalue weighted by molar-refractivity contribution is -0.343. The Kier molecular flexibility index (Phi) is 4.18. The molecule has 0 aliphatic heterocycles. The van der Waals surface area contributed by atoms with E-state index in [1.54, 1.807) is 0 Å². The summed E-state index contributed by atoms with van der Waals surface area (Å²) >= 11 is 0.